The predicted molar refractivity (Wildman–Crippen MR) is 114 cm³/mol. The van der Waals surface area contributed by atoms with Gasteiger partial charge in [0.2, 0.25) is 0 Å². The molecule has 0 saturated carbocycles. The van der Waals surface area contributed by atoms with Gasteiger partial charge in [0.05, 0.1) is 23.1 Å². The predicted octanol–water partition coefficient (Wildman–Crippen LogP) is 2.11. The number of carboxylic acids is 1. The van der Waals surface area contributed by atoms with Crippen LogP contribution in [0, 0.1) is 5.41 Å². The number of benzene rings is 1. The van der Waals surface area contributed by atoms with Crippen molar-refractivity contribution < 1.29 is 48.0 Å². The molecule has 10 heteroatoms. The van der Waals surface area contributed by atoms with Gasteiger partial charge in [0, 0.05) is 18.2 Å². The number of ether oxygens (including phenoxy) is 4. The summed E-state index contributed by atoms with van der Waals surface area (Å²) in [5, 5.41) is 9.28. The lowest BCUT2D eigenvalue weighted by Gasteiger charge is -2.31. The molecular weight excluding hydrogens is 436 g/mol. The average molecular weight is 460 g/mol. The average Bonchev–Trinajstić information content (AvgIpc) is 2.83. The van der Waals surface area contributed by atoms with Crippen LogP contribution < -0.4 is 0 Å². The van der Waals surface area contributed by atoms with Crippen LogP contribution in [0.3, 0.4) is 0 Å². The summed E-state index contributed by atoms with van der Waals surface area (Å²) in [6.07, 6.45) is 2.70. The Morgan fingerprint density at radius 3 is 1.70 bits per heavy atom. The van der Waals surface area contributed by atoms with Gasteiger partial charge in [0.1, 0.15) is 19.8 Å². The maximum absolute atomic E-state index is 12.6. The largest absolute Gasteiger partial charge is 0.478 e. The summed E-state index contributed by atoms with van der Waals surface area (Å²) < 4.78 is 20.4. The van der Waals surface area contributed by atoms with Crippen LogP contribution in [0.5, 0.6) is 0 Å². The molecule has 176 valence electrons. The molecule has 0 amide bonds. The van der Waals surface area contributed by atoms with Crippen LogP contribution in [0.1, 0.15) is 27.1 Å². The molecule has 1 rings (SSSR count). The van der Waals surface area contributed by atoms with Crippen molar-refractivity contribution in [1.29, 1.82) is 0 Å². The summed E-state index contributed by atoms with van der Waals surface area (Å²) >= 11 is 0. The summed E-state index contributed by atoms with van der Waals surface area (Å²) in [4.78, 5) is 58.6. The van der Waals surface area contributed by atoms with Crippen LogP contribution in [0.15, 0.2) is 62.2 Å². The van der Waals surface area contributed by atoms with Crippen LogP contribution in [0.25, 0.3) is 0 Å². The quantitative estimate of drug-likeness (QED) is 0.249. The molecule has 0 heterocycles. The van der Waals surface area contributed by atoms with E-state index in [0.717, 1.165) is 18.2 Å². The number of carboxylic acid groups (broad SMARTS) is 1. The van der Waals surface area contributed by atoms with Crippen LogP contribution in [0.2, 0.25) is 0 Å². The Labute approximate surface area is 190 Å². The molecule has 1 aromatic carbocycles. The second-order valence-corrected chi connectivity index (χ2v) is 6.67. The van der Waals surface area contributed by atoms with Crippen molar-refractivity contribution in [1.82, 2.24) is 0 Å². The highest BCUT2D eigenvalue weighted by atomic mass is 16.6. The highest BCUT2D eigenvalue weighted by molar-refractivity contribution is 6.02. The van der Waals surface area contributed by atoms with Crippen molar-refractivity contribution >= 4 is 29.8 Å². The van der Waals surface area contributed by atoms with E-state index in [1.54, 1.807) is 0 Å². The van der Waals surface area contributed by atoms with E-state index in [2.05, 4.69) is 19.7 Å². The van der Waals surface area contributed by atoms with E-state index >= 15 is 0 Å². The van der Waals surface area contributed by atoms with Crippen molar-refractivity contribution in [3.05, 3.63) is 73.4 Å². The summed E-state index contributed by atoms with van der Waals surface area (Å²) in [5.74, 6) is -4.60. The van der Waals surface area contributed by atoms with Gasteiger partial charge in [-0.3, -0.25) is 0 Å². The molecule has 1 aromatic rings. The number of hydrogen-bond donors (Lipinski definition) is 1. The Kier molecular flexibility index (Phi) is 10.8. The maximum Gasteiger partial charge on any atom is 0.339 e. The van der Waals surface area contributed by atoms with Crippen LogP contribution in [-0.2, 0) is 33.3 Å². The highest BCUT2D eigenvalue weighted by Crippen LogP contribution is 2.26. The lowest BCUT2D eigenvalue weighted by atomic mass is 9.87. The molecule has 0 fully saturated rings. The zero-order valence-corrected chi connectivity index (χ0v) is 17.8. The summed E-state index contributed by atoms with van der Waals surface area (Å²) in [6, 6.07) is 5.41. The number of esters is 4. The van der Waals surface area contributed by atoms with Gasteiger partial charge in [0.25, 0.3) is 0 Å². The lowest BCUT2D eigenvalue weighted by Crippen LogP contribution is -2.40. The standard InChI is InChI=1S/C23H24O10/c1-4-18(24)30-12-11-23(13-31-19(25)5-2,14-32-20(26)6-3)15-33-22(29)17-10-8-7-9-16(17)21(27)28/h4-10H,1-3,11-15H2,(H,27,28). The van der Waals surface area contributed by atoms with E-state index in [1.165, 1.54) is 24.3 Å². The number of hydrogen-bond acceptors (Lipinski definition) is 9. The molecular formula is C23H24O10. The fourth-order valence-electron chi connectivity index (χ4n) is 2.48. The molecule has 0 unspecified atom stereocenters. The molecule has 0 radical (unpaired) electrons. The summed E-state index contributed by atoms with van der Waals surface area (Å²) in [5.41, 5.74) is -1.82. The van der Waals surface area contributed by atoms with Crippen LogP contribution in [0.4, 0.5) is 0 Å². The van der Waals surface area contributed by atoms with Crippen LogP contribution in [-0.4, -0.2) is 61.4 Å². The molecule has 0 spiro atoms. The van der Waals surface area contributed by atoms with Crippen molar-refractivity contribution in [3.63, 3.8) is 0 Å². The monoisotopic (exact) mass is 460 g/mol. The van der Waals surface area contributed by atoms with Crippen molar-refractivity contribution in [2.75, 3.05) is 26.4 Å². The Hall–Kier alpha value is -4.21. The van der Waals surface area contributed by atoms with E-state index in [4.69, 9.17) is 18.9 Å². The van der Waals surface area contributed by atoms with Crippen molar-refractivity contribution in [2.24, 2.45) is 5.41 Å². The van der Waals surface area contributed by atoms with Gasteiger partial charge in [-0.2, -0.15) is 0 Å². The Morgan fingerprint density at radius 1 is 0.758 bits per heavy atom. The molecule has 0 aromatic heterocycles. The molecule has 0 atom stereocenters. The number of aromatic carboxylic acids is 1. The van der Waals surface area contributed by atoms with Gasteiger partial charge in [-0.25, -0.2) is 24.0 Å². The first-order chi connectivity index (χ1) is 15.7. The fraction of sp³-hybridized carbons (Fsp3) is 0.261. The minimum Gasteiger partial charge on any atom is -0.478 e. The maximum atomic E-state index is 12.6. The van der Waals surface area contributed by atoms with Crippen molar-refractivity contribution in [3.8, 4) is 0 Å². The molecule has 0 bridgehead atoms. The molecule has 0 aliphatic rings. The van der Waals surface area contributed by atoms with Gasteiger partial charge in [-0.1, -0.05) is 31.9 Å². The third-order valence-electron chi connectivity index (χ3n) is 4.30. The molecule has 10 nitrogen and oxygen atoms in total. The molecule has 33 heavy (non-hydrogen) atoms. The van der Waals surface area contributed by atoms with Crippen molar-refractivity contribution in [2.45, 2.75) is 6.42 Å². The highest BCUT2D eigenvalue weighted by Gasteiger charge is 2.36. The minimum atomic E-state index is -1.34. The van der Waals surface area contributed by atoms with Gasteiger partial charge >= 0.3 is 29.8 Å². The van der Waals surface area contributed by atoms with Crippen LogP contribution >= 0.6 is 0 Å². The summed E-state index contributed by atoms with van der Waals surface area (Å²) in [7, 11) is 0. The number of carbonyl (C=O) groups excluding carboxylic acids is 4. The molecule has 1 N–H and O–H groups in total. The SMILES string of the molecule is C=CC(=O)OCCC(COC(=O)C=C)(COC(=O)C=C)COC(=O)c1ccccc1C(=O)O. The smallest absolute Gasteiger partial charge is 0.339 e. The minimum absolute atomic E-state index is 0.0602. The first kappa shape index (κ1) is 26.8. The van der Waals surface area contributed by atoms with E-state index in [0.29, 0.717) is 0 Å². The fourth-order valence-corrected chi connectivity index (χ4v) is 2.48. The van der Waals surface area contributed by atoms with Gasteiger partial charge < -0.3 is 24.1 Å². The second-order valence-electron chi connectivity index (χ2n) is 6.67. The first-order valence-corrected chi connectivity index (χ1v) is 9.55. The van der Waals surface area contributed by atoms with Gasteiger partial charge in [-0.15, -0.1) is 0 Å². The second kappa shape index (κ2) is 13.3. The van der Waals surface area contributed by atoms with E-state index in [1.807, 2.05) is 0 Å². The van der Waals surface area contributed by atoms with E-state index in [9.17, 15) is 29.1 Å². The normalized spacial score (nSPS) is 10.3. The third-order valence-corrected chi connectivity index (χ3v) is 4.30. The number of rotatable bonds is 14. The van der Waals surface area contributed by atoms with E-state index in [-0.39, 0.29) is 24.2 Å². The Bertz CT molecular complexity index is 907. The Morgan fingerprint density at radius 2 is 1.21 bits per heavy atom. The van der Waals surface area contributed by atoms with E-state index < -0.39 is 55.1 Å². The van der Waals surface area contributed by atoms with Gasteiger partial charge in [-0.05, 0) is 18.6 Å². The lowest BCUT2D eigenvalue weighted by molar-refractivity contribution is -0.154. The van der Waals surface area contributed by atoms with Gasteiger partial charge in [0.15, 0.2) is 0 Å². The number of carbonyl (C=O) groups is 5. The first-order valence-electron chi connectivity index (χ1n) is 9.55. The molecule has 0 saturated heterocycles. The summed E-state index contributed by atoms with van der Waals surface area (Å²) in [6.45, 7) is 8.37. The zero-order chi connectivity index (χ0) is 24.9. The third kappa shape index (κ3) is 8.82. The topological polar surface area (TPSA) is 142 Å². The molecule has 0 aliphatic heterocycles. The molecule has 0 aliphatic carbocycles. The Balaban J connectivity index is 3.16. The zero-order valence-electron chi connectivity index (χ0n) is 17.8.